The summed E-state index contributed by atoms with van der Waals surface area (Å²) in [5.74, 6) is -0.132. The summed E-state index contributed by atoms with van der Waals surface area (Å²) >= 11 is 0. The van der Waals surface area contributed by atoms with Crippen molar-refractivity contribution < 1.29 is 34.0 Å². The van der Waals surface area contributed by atoms with Crippen LogP contribution in [0.25, 0.3) is 0 Å². The van der Waals surface area contributed by atoms with E-state index in [-0.39, 0.29) is 52.5 Å². The lowest BCUT2D eigenvalue weighted by atomic mass is 9.40. The van der Waals surface area contributed by atoms with Crippen LogP contribution in [-0.4, -0.2) is 58.3 Å². The van der Waals surface area contributed by atoms with Crippen LogP contribution in [-0.2, 0) is 23.8 Å². The number of cyclic esters (lactones) is 1. The Morgan fingerprint density at radius 1 is 1.03 bits per heavy atom. The summed E-state index contributed by atoms with van der Waals surface area (Å²) < 4.78 is 18.3. The molecule has 7 nitrogen and oxygen atoms in total. The van der Waals surface area contributed by atoms with E-state index in [2.05, 4.69) is 32.9 Å². The molecule has 0 bridgehead atoms. The monoisotopic (exact) mass is 544 g/mol. The van der Waals surface area contributed by atoms with Crippen LogP contribution in [0.1, 0.15) is 87.5 Å². The Morgan fingerprint density at radius 3 is 2.38 bits per heavy atom. The van der Waals surface area contributed by atoms with E-state index in [1.165, 1.54) is 12.5 Å². The Labute approximate surface area is 233 Å². The molecule has 0 aromatic rings. The summed E-state index contributed by atoms with van der Waals surface area (Å²) in [6.45, 7) is 16.5. The fourth-order valence-corrected chi connectivity index (χ4v) is 9.95. The SMILES string of the molecule is CC(=O)O[C@@H]1C[C@H]2C(C)(C)OC(=O)C=C[C@]2(C)[C@H]2CC[C@]3(C)C(=CC[C@H]3[C@@H]3COC(C)(C)[C@H](O)[C@@H](O)C3)[C@@]21C. The largest absolute Gasteiger partial charge is 0.462 e. The average Bonchev–Trinajstić information content (AvgIpc) is 3.10. The first-order valence-electron chi connectivity index (χ1n) is 14.8. The molecule has 10 atom stereocenters. The third-order valence-corrected chi connectivity index (χ3v) is 11.8. The molecular weight excluding hydrogens is 496 g/mol. The third-order valence-electron chi connectivity index (χ3n) is 11.8. The van der Waals surface area contributed by atoms with Gasteiger partial charge in [0.1, 0.15) is 17.8 Å². The second kappa shape index (κ2) is 9.15. The molecule has 0 aromatic heterocycles. The number of hydrogen-bond acceptors (Lipinski definition) is 7. The first kappa shape index (κ1) is 28.8. The quantitative estimate of drug-likeness (QED) is 0.382. The molecule has 1 saturated heterocycles. The predicted molar refractivity (Wildman–Crippen MR) is 146 cm³/mol. The van der Waals surface area contributed by atoms with Crippen LogP contribution in [0.3, 0.4) is 0 Å². The molecule has 0 radical (unpaired) electrons. The number of aliphatic hydroxyl groups is 2. The van der Waals surface area contributed by atoms with E-state index < -0.39 is 28.8 Å². The lowest BCUT2D eigenvalue weighted by molar-refractivity contribution is -0.201. The zero-order valence-corrected chi connectivity index (χ0v) is 25.0. The van der Waals surface area contributed by atoms with Gasteiger partial charge in [0, 0.05) is 24.3 Å². The van der Waals surface area contributed by atoms with Gasteiger partial charge in [0.25, 0.3) is 0 Å². The van der Waals surface area contributed by atoms with Gasteiger partial charge in [0.2, 0.25) is 0 Å². The minimum absolute atomic E-state index is 0.00796. The van der Waals surface area contributed by atoms with Crippen molar-refractivity contribution in [3.8, 4) is 0 Å². The Hall–Kier alpha value is -1.70. The Morgan fingerprint density at radius 2 is 1.72 bits per heavy atom. The second-order valence-corrected chi connectivity index (χ2v) is 14.8. The minimum atomic E-state index is -0.934. The number of ether oxygens (including phenoxy) is 3. The Balaban J connectivity index is 1.55. The number of fused-ring (bicyclic) bond motifs is 5. The highest BCUT2D eigenvalue weighted by molar-refractivity contribution is 5.83. The normalized spacial score (nSPS) is 48.4. The van der Waals surface area contributed by atoms with Crippen molar-refractivity contribution in [3.63, 3.8) is 0 Å². The van der Waals surface area contributed by atoms with Crippen molar-refractivity contribution in [1.82, 2.24) is 0 Å². The molecule has 218 valence electrons. The molecule has 0 aromatic carbocycles. The summed E-state index contributed by atoms with van der Waals surface area (Å²) in [5.41, 5.74) is -1.07. The molecule has 2 aliphatic heterocycles. The molecule has 5 aliphatic rings. The van der Waals surface area contributed by atoms with Crippen molar-refractivity contribution in [1.29, 1.82) is 0 Å². The smallest absolute Gasteiger partial charge is 0.330 e. The lowest BCUT2D eigenvalue weighted by Gasteiger charge is -2.65. The van der Waals surface area contributed by atoms with Crippen LogP contribution in [0.5, 0.6) is 0 Å². The summed E-state index contributed by atoms with van der Waals surface area (Å²) in [6, 6.07) is 0. The Kier molecular flexibility index (Phi) is 6.76. The Bertz CT molecular complexity index is 1090. The maximum atomic E-state index is 12.6. The molecule has 2 saturated carbocycles. The topological polar surface area (TPSA) is 102 Å². The fraction of sp³-hybridized carbons (Fsp3) is 0.812. The van der Waals surface area contributed by atoms with Crippen LogP contribution in [0, 0.1) is 39.9 Å². The molecule has 2 heterocycles. The minimum Gasteiger partial charge on any atom is -0.462 e. The zero-order chi connectivity index (χ0) is 28.8. The zero-order valence-electron chi connectivity index (χ0n) is 25.0. The van der Waals surface area contributed by atoms with Crippen LogP contribution in [0.15, 0.2) is 23.8 Å². The van der Waals surface area contributed by atoms with Gasteiger partial charge in [0.15, 0.2) is 0 Å². The number of aliphatic hydroxyl groups excluding tert-OH is 2. The number of carbonyl (C=O) groups is 2. The van der Waals surface area contributed by atoms with Gasteiger partial charge in [-0.3, -0.25) is 4.79 Å². The van der Waals surface area contributed by atoms with Gasteiger partial charge < -0.3 is 24.4 Å². The summed E-state index contributed by atoms with van der Waals surface area (Å²) in [5, 5.41) is 21.6. The third kappa shape index (κ3) is 4.25. The van der Waals surface area contributed by atoms with Gasteiger partial charge in [-0.1, -0.05) is 38.5 Å². The standard InChI is InChI=1S/C32H48O7/c1-18(33)38-25-16-24-28(2,3)39-26(35)12-14-31(24,7)23-11-13-30(6)20(9-10-22(30)32(23,25)8)19-15-21(34)27(36)29(4,5)37-17-19/h10,12,14,19-21,23-25,27,34,36H,9,11,13,15-17H2,1-8H3/t19-,20-,21-,23+,24-,25+,27+,30-,31+,32-/m0/s1. The van der Waals surface area contributed by atoms with E-state index in [4.69, 9.17) is 14.2 Å². The summed E-state index contributed by atoms with van der Waals surface area (Å²) in [6.07, 6.45) is 7.79. The maximum absolute atomic E-state index is 12.6. The highest BCUT2D eigenvalue weighted by Crippen LogP contribution is 2.71. The van der Waals surface area contributed by atoms with Crippen molar-refractivity contribution in [3.05, 3.63) is 23.8 Å². The first-order valence-corrected chi connectivity index (χ1v) is 14.8. The highest BCUT2D eigenvalue weighted by Gasteiger charge is 2.68. The van der Waals surface area contributed by atoms with Crippen LogP contribution in [0.4, 0.5) is 0 Å². The maximum Gasteiger partial charge on any atom is 0.330 e. The molecule has 39 heavy (non-hydrogen) atoms. The predicted octanol–water partition coefficient (Wildman–Crippen LogP) is 4.74. The molecule has 0 unspecified atom stereocenters. The van der Waals surface area contributed by atoms with Crippen LogP contribution >= 0.6 is 0 Å². The number of hydrogen-bond donors (Lipinski definition) is 2. The van der Waals surface area contributed by atoms with Crippen LogP contribution in [0.2, 0.25) is 0 Å². The van der Waals surface area contributed by atoms with E-state index in [1.54, 1.807) is 6.08 Å². The van der Waals surface area contributed by atoms with E-state index in [0.717, 1.165) is 19.3 Å². The summed E-state index contributed by atoms with van der Waals surface area (Å²) in [4.78, 5) is 25.1. The van der Waals surface area contributed by atoms with Gasteiger partial charge in [-0.2, -0.15) is 0 Å². The lowest BCUT2D eigenvalue weighted by Crippen LogP contribution is -2.64. The molecule has 0 spiro atoms. The van der Waals surface area contributed by atoms with Gasteiger partial charge in [-0.25, -0.2) is 4.79 Å². The van der Waals surface area contributed by atoms with E-state index in [9.17, 15) is 19.8 Å². The van der Waals surface area contributed by atoms with Crippen molar-refractivity contribution >= 4 is 11.9 Å². The molecule has 2 N–H and O–H groups in total. The van der Waals surface area contributed by atoms with Gasteiger partial charge in [-0.05, 0) is 88.4 Å². The highest BCUT2D eigenvalue weighted by atomic mass is 16.6. The van der Waals surface area contributed by atoms with Crippen molar-refractivity contribution in [2.45, 2.75) is 117 Å². The summed E-state index contributed by atoms with van der Waals surface area (Å²) in [7, 11) is 0. The van der Waals surface area contributed by atoms with Crippen molar-refractivity contribution in [2.75, 3.05) is 6.61 Å². The van der Waals surface area contributed by atoms with Gasteiger partial charge in [0.05, 0.1) is 18.3 Å². The second-order valence-electron chi connectivity index (χ2n) is 14.8. The molecule has 0 amide bonds. The van der Waals surface area contributed by atoms with Crippen molar-refractivity contribution in [2.24, 2.45) is 39.9 Å². The number of allylic oxidation sites excluding steroid dienone is 2. The molecule has 5 rings (SSSR count). The average molecular weight is 545 g/mol. The number of carbonyl (C=O) groups excluding carboxylic acids is 2. The number of esters is 2. The van der Waals surface area contributed by atoms with Crippen LogP contribution < -0.4 is 0 Å². The van der Waals surface area contributed by atoms with Gasteiger partial charge >= 0.3 is 11.9 Å². The molecular formula is C32H48O7. The number of rotatable bonds is 2. The fourth-order valence-electron chi connectivity index (χ4n) is 9.95. The molecule has 7 heteroatoms. The van der Waals surface area contributed by atoms with Gasteiger partial charge in [-0.15, -0.1) is 0 Å². The van der Waals surface area contributed by atoms with E-state index in [1.807, 2.05) is 27.7 Å². The molecule has 3 aliphatic carbocycles. The van der Waals surface area contributed by atoms with E-state index >= 15 is 0 Å². The first-order chi connectivity index (χ1) is 18.0. The van der Waals surface area contributed by atoms with E-state index in [0.29, 0.717) is 19.4 Å². The molecule has 3 fully saturated rings.